The number of hydrogen-bond donors (Lipinski definition) is 1. The highest BCUT2D eigenvalue weighted by Crippen LogP contribution is 2.45. The van der Waals surface area contributed by atoms with Crippen LogP contribution < -0.4 is 14.4 Å². The van der Waals surface area contributed by atoms with Crippen molar-refractivity contribution < 1.29 is 24.2 Å². The summed E-state index contributed by atoms with van der Waals surface area (Å²) >= 11 is 6.20. The maximum Gasteiger partial charge on any atom is 0.263 e. The molecule has 0 radical (unpaired) electrons. The second kappa shape index (κ2) is 6.40. The summed E-state index contributed by atoms with van der Waals surface area (Å²) in [6.45, 7) is 0.171. The molecule has 0 spiro atoms. The molecule has 27 heavy (non-hydrogen) atoms. The number of amides is 1. The first-order valence-electron chi connectivity index (χ1n) is 8.30. The van der Waals surface area contributed by atoms with Crippen LogP contribution >= 0.6 is 11.6 Å². The number of aliphatic hydroxyl groups is 1. The zero-order valence-corrected chi connectivity index (χ0v) is 15.2. The van der Waals surface area contributed by atoms with Crippen molar-refractivity contribution in [2.45, 2.75) is 12.0 Å². The van der Waals surface area contributed by atoms with Crippen molar-refractivity contribution >= 4 is 35.1 Å². The molecule has 138 valence electrons. The van der Waals surface area contributed by atoms with Gasteiger partial charge in [-0.25, -0.2) is 0 Å². The van der Waals surface area contributed by atoms with Gasteiger partial charge in [-0.05, 0) is 35.9 Å². The first kappa shape index (κ1) is 17.6. The van der Waals surface area contributed by atoms with E-state index in [1.165, 1.54) is 11.0 Å². The normalized spacial score (nSPS) is 20.4. The fourth-order valence-electron chi connectivity index (χ4n) is 3.38. The van der Waals surface area contributed by atoms with Crippen molar-refractivity contribution in [2.75, 3.05) is 18.7 Å². The van der Waals surface area contributed by atoms with Gasteiger partial charge in [-0.2, -0.15) is 0 Å². The van der Waals surface area contributed by atoms with Gasteiger partial charge in [0.05, 0.1) is 12.1 Å². The number of ketones is 1. The van der Waals surface area contributed by atoms with Gasteiger partial charge in [0.1, 0.15) is 0 Å². The number of anilines is 1. The van der Waals surface area contributed by atoms with Crippen LogP contribution in [0.3, 0.4) is 0 Å². The summed E-state index contributed by atoms with van der Waals surface area (Å²) in [4.78, 5) is 26.4. The molecule has 2 aromatic rings. The second-order valence-electron chi connectivity index (χ2n) is 6.45. The van der Waals surface area contributed by atoms with Gasteiger partial charge in [0, 0.05) is 17.6 Å². The van der Waals surface area contributed by atoms with Gasteiger partial charge in [0.15, 0.2) is 22.9 Å². The lowest BCUT2D eigenvalue weighted by molar-refractivity contribution is -0.140. The first-order valence-corrected chi connectivity index (χ1v) is 8.68. The zero-order valence-electron chi connectivity index (χ0n) is 14.4. The summed E-state index contributed by atoms with van der Waals surface area (Å²) in [5, 5.41) is 11.2. The SMILES string of the molecule is CN1C(=O)C(O)(CC(=O)/C=C/c2ccc3c(c2)OCO3)c2c(Cl)cccc21. The predicted molar refractivity (Wildman–Crippen MR) is 100.0 cm³/mol. The van der Waals surface area contributed by atoms with E-state index in [2.05, 4.69) is 0 Å². The second-order valence-corrected chi connectivity index (χ2v) is 6.85. The van der Waals surface area contributed by atoms with Gasteiger partial charge < -0.3 is 19.5 Å². The molecule has 0 saturated heterocycles. The van der Waals surface area contributed by atoms with Crippen molar-refractivity contribution in [1.29, 1.82) is 0 Å². The quantitative estimate of drug-likeness (QED) is 0.819. The number of fused-ring (bicyclic) bond motifs is 2. The highest BCUT2D eigenvalue weighted by molar-refractivity contribution is 6.33. The Hall–Kier alpha value is -2.83. The van der Waals surface area contributed by atoms with E-state index in [1.54, 1.807) is 49.5 Å². The van der Waals surface area contributed by atoms with Crippen molar-refractivity contribution in [3.63, 3.8) is 0 Å². The van der Waals surface area contributed by atoms with Crippen LogP contribution in [0.5, 0.6) is 11.5 Å². The summed E-state index contributed by atoms with van der Waals surface area (Å²) in [7, 11) is 1.54. The van der Waals surface area contributed by atoms with Crippen molar-refractivity contribution in [3.8, 4) is 11.5 Å². The molecule has 1 amide bonds. The van der Waals surface area contributed by atoms with Crippen LogP contribution in [0, 0.1) is 0 Å². The molecular weight excluding hydrogens is 370 g/mol. The number of allylic oxidation sites excluding steroid dienone is 1. The number of carbonyl (C=O) groups is 2. The Morgan fingerprint density at radius 1 is 1.30 bits per heavy atom. The van der Waals surface area contributed by atoms with E-state index in [-0.39, 0.29) is 17.4 Å². The number of benzene rings is 2. The van der Waals surface area contributed by atoms with E-state index in [0.717, 1.165) is 5.56 Å². The average molecular weight is 386 g/mol. The molecule has 1 atom stereocenters. The van der Waals surface area contributed by atoms with E-state index in [1.807, 2.05) is 0 Å². The number of hydrogen-bond acceptors (Lipinski definition) is 5. The van der Waals surface area contributed by atoms with Gasteiger partial charge in [-0.3, -0.25) is 9.59 Å². The largest absolute Gasteiger partial charge is 0.454 e. The molecule has 0 fully saturated rings. The lowest BCUT2D eigenvalue weighted by Crippen LogP contribution is -2.40. The van der Waals surface area contributed by atoms with Crippen LogP contribution in [0.1, 0.15) is 17.5 Å². The van der Waals surface area contributed by atoms with Crippen LogP contribution in [0.15, 0.2) is 42.5 Å². The number of likely N-dealkylation sites (N-methyl/N-ethyl adjacent to an activating group) is 1. The fraction of sp³-hybridized carbons (Fsp3) is 0.200. The van der Waals surface area contributed by atoms with Crippen LogP contribution in [0.25, 0.3) is 6.08 Å². The number of halogens is 1. The van der Waals surface area contributed by atoms with Crippen molar-refractivity contribution in [2.24, 2.45) is 0 Å². The summed E-state index contributed by atoms with van der Waals surface area (Å²) in [5.74, 6) is 0.287. The number of rotatable bonds is 4. The molecule has 0 aromatic heterocycles. The third-order valence-corrected chi connectivity index (χ3v) is 5.03. The Kier molecular flexibility index (Phi) is 4.17. The highest BCUT2D eigenvalue weighted by atomic mass is 35.5. The third kappa shape index (κ3) is 2.87. The molecule has 6 nitrogen and oxygen atoms in total. The molecule has 1 N–H and O–H groups in total. The van der Waals surface area contributed by atoms with E-state index in [9.17, 15) is 14.7 Å². The van der Waals surface area contributed by atoms with Crippen LogP contribution in [0.4, 0.5) is 5.69 Å². The zero-order chi connectivity index (χ0) is 19.2. The highest BCUT2D eigenvalue weighted by Gasteiger charge is 2.50. The fourth-order valence-corrected chi connectivity index (χ4v) is 3.70. The Balaban J connectivity index is 1.57. The maximum atomic E-state index is 12.6. The molecule has 2 aromatic carbocycles. The lowest BCUT2D eigenvalue weighted by atomic mass is 9.89. The topological polar surface area (TPSA) is 76.1 Å². The Morgan fingerprint density at radius 2 is 2.07 bits per heavy atom. The Bertz CT molecular complexity index is 986. The molecule has 1 unspecified atom stereocenters. The molecule has 4 rings (SSSR count). The summed E-state index contributed by atoms with van der Waals surface area (Å²) < 4.78 is 10.5. The minimum absolute atomic E-state index is 0.171. The van der Waals surface area contributed by atoms with Crippen LogP contribution in [0.2, 0.25) is 5.02 Å². The van der Waals surface area contributed by atoms with Gasteiger partial charge in [0.25, 0.3) is 5.91 Å². The smallest absolute Gasteiger partial charge is 0.263 e. The molecule has 2 heterocycles. The summed E-state index contributed by atoms with van der Waals surface area (Å²) in [6.07, 6.45) is 2.54. The number of ether oxygens (including phenoxy) is 2. The first-order chi connectivity index (χ1) is 12.9. The van der Waals surface area contributed by atoms with E-state index in [4.69, 9.17) is 21.1 Å². The van der Waals surface area contributed by atoms with E-state index >= 15 is 0 Å². The predicted octanol–water partition coefficient (Wildman–Crippen LogP) is 2.91. The van der Waals surface area contributed by atoms with E-state index < -0.39 is 23.7 Å². The minimum atomic E-state index is -1.97. The molecular formula is C20H16ClNO5. The molecule has 0 aliphatic carbocycles. The standard InChI is InChI=1S/C20H16ClNO5/c1-22-15-4-2-3-14(21)18(15)20(25,19(22)24)10-13(23)7-5-12-6-8-16-17(9-12)27-11-26-16/h2-9,25H,10-11H2,1H3/b7-5+. The third-order valence-electron chi connectivity index (χ3n) is 4.71. The van der Waals surface area contributed by atoms with Crippen molar-refractivity contribution in [1.82, 2.24) is 0 Å². The Morgan fingerprint density at radius 3 is 2.89 bits per heavy atom. The van der Waals surface area contributed by atoms with Gasteiger partial charge in [-0.15, -0.1) is 0 Å². The average Bonchev–Trinajstić information content (AvgIpc) is 3.18. The van der Waals surface area contributed by atoms with Crippen LogP contribution in [-0.2, 0) is 15.2 Å². The van der Waals surface area contributed by atoms with Gasteiger partial charge in [-0.1, -0.05) is 29.8 Å². The van der Waals surface area contributed by atoms with Gasteiger partial charge in [0.2, 0.25) is 6.79 Å². The molecule has 0 bridgehead atoms. The minimum Gasteiger partial charge on any atom is -0.454 e. The molecule has 2 aliphatic rings. The number of carbonyl (C=O) groups excluding carboxylic acids is 2. The molecule has 0 saturated carbocycles. The maximum absolute atomic E-state index is 12.6. The Labute approximate surface area is 160 Å². The van der Waals surface area contributed by atoms with Crippen molar-refractivity contribution in [3.05, 3.63) is 58.6 Å². The van der Waals surface area contributed by atoms with E-state index in [0.29, 0.717) is 17.2 Å². The lowest BCUT2D eigenvalue weighted by Gasteiger charge is -2.21. The summed E-state index contributed by atoms with van der Waals surface area (Å²) in [5.41, 5.74) is -0.460. The number of nitrogens with zero attached hydrogens (tertiary/aromatic N) is 1. The molecule has 7 heteroatoms. The van der Waals surface area contributed by atoms with Crippen LogP contribution in [-0.4, -0.2) is 30.6 Å². The monoisotopic (exact) mass is 385 g/mol. The molecule has 2 aliphatic heterocycles. The summed E-state index contributed by atoms with van der Waals surface area (Å²) in [6, 6.07) is 10.3. The van der Waals surface area contributed by atoms with Gasteiger partial charge >= 0.3 is 0 Å².